The molecule has 3 heteroatoms. The second-order valence-corrected chi connectivity index (χ2v) is 9.62. The Morgan fingerprint density at radius 1 is 0.622 bits per heavy atom. The molecule has 1 atom stereocenters. The van der Waals surface area contributed by atoms with Crippen molar-refractivity contribution < 1.29 is 10.4 Å². The van der Waals surface area contributed by atoms with Crippen molar-refractivity contribution in [1.82, 2.24) is 4.57 Å². The van der Waals surface area contributed by atoms with Gasteiger partial charge in [-0.3, -0.25) is 0 Å². The van der Waals surface area contributed by atoms with Gasteiger partial charge in [-0.1, -0.05) is 127 Å². The van der Waals surface area contributed by atoms with Crippen LogP contribution in [0.3, 0.4) is 0 Å². The average molecular weight is 484 g/mol. The highest BCUT2D eigenvalue weighted by Crippen LogP contribution is 2.43. The first-order valence-corrected chi connectivity index (χ1v) is 13.0. The lowest BCUT2D eigenvalue weighted by Crippen LogP contribution is -2.85. The van der Waals surface area contributed by atoms with Crippen LogP contribution < -0.4 is 5.32 Å². The normalized spacial score (nSPS) is 12.2. The number of nitrogens with two attached hydrogens (primary N) is 1. The summed E-state index contributed by atoms with van der Waals surface area (Å²) in [4.78, 5) is 0. The van der Waals surface area contributed by atoms with Gasteiger partial charge in [0.25, 0.3) is 0 Å². The van der Waals surface area contributed by atoms with E-state index in [4.69, 9.17) is 0 Å². The highest BCUT2D eigenvalue weighted by molar-refractivity contribution is 6.15. The maximum Gasteiger partial charge on any atom is 0.121 e. The Kier molecular flexibility index (Phi) is 6.55. The summed E-state index contributed by atoms with van der Waals surface area (Å²) in [5.41, 5.74) is 7.15. The van der Waals surface area contributed by atoms with Gasteiger partial charge in [0.2, 0.25) is 0 Å². The Balaban J connectivity index is 1.50. The molecule has 6 aromatic rings. The van der Waals surface area contributed by atoms with Gasteiger partial charge in [-0.05, 0) is 16.5 Å². The number of aliphatic hydroxyl groups is 1. The number of hydrogen-bond acceptors (Lipinski definition) is 1. The lowest BCUT2D eigenvalue weighted by Gasteiger charge is -2.17. The fourth-order valence-electron chi connectivity index (χ4n) is 5.44. The average Bonchev–Trinajstić information content (AvgIpc) is 3.29. The van der Waals surface area contributed by atoms with E-state index in [1.807, 2.05) is 6.07 Å². The molecule has 3 N–H and O–H groups in total. The van der Waals surface area contributed by atoms with Crippen LogP contribution >= 0.6 is 0 Å². The minimum atomic E-state index is -0.496. The van der Waals surface area contributed by atoms with Crippen molar-refractivity contribution in [2.45, 2.75) is 19.2 Å². The predicted molar refractivity (Wildman–Crippen MR) is 153 cm³/mol. The smallest absolute Gasteiger partial charge is 0.121 e. The second kappa shape index (κ2) is 10.4. The summed E-state index contributed by atoms with van der Waals surface area (Å²) in [6.45, 7) is 2.01. The van der Waals surface area contributed by atoms with Crippen LogP contribution in [0.15, 0.2) is 127 Å². The summed E-state index contributed by atoms with van der Waals surface area (Å²) in [7, 11) is 0. The fraction of sp³-hybridized carbons (Fsp3) is 0.118. The van der Waals surface area contributed by atoms with E-state index in [-0.39, 0.29) is 0 Å². The molecule has 5 aromatic carbocycles. The van der Waals surface area contributed by atoms with Crippen LogP contribution in [0, 0.1) is 0 Å². The minimum absolute atomic E-state index is 0.496. The summed E-state index contributed by atoms with van der Waals surface area (Å²) in [5, 5.41) is 17.1. The van der Waals surface area contributed by atoms with E-state index < -0.39 is 6.10 Å². The molecule has 0 saturated carbocycles. The van der Waals surface area contributed by atoms with E-state index in [2.05, 4.69) is 131 Å². The zero-order valence-electron chi connectivity index (χ0n) is 20.8. The standard InChI is InChI=1S/C34H30N2O/c37-29(23-35-22-25-12-4-1-5-13-25)24-36-33(28-17-8-3-9-18-28)32(27-15-6-2-7-16-27)31-21-20-26-14-10-11-19-30(26)34(31)36/h1-21,29,35,37H,22-24H2/p+1/t29-/m1/s1. The van der Waals surface area contributed by atoms with Crippen molar-refractivity contribution in [3.05, 3.63) is 133 Å². The SMILES string of the molecule is O[C@H](C[NH2+]Cc1ccccc1)Cn1c(-c2ccccc2)c(-c2ccccc2)c2ccc3ccccc3c21. The molecule has 0 radical (unpaired) electrons. The Bertz CT molecular complexity index is 1620. The molecule has 0 aliphatic rings. The Morgan fingerprint density at radius 2 is 1.24 bits per heavy atom. The summed E-state index contributed by atoms with van der Waals surface area (Å²) in [5.74, 6) is 0. The molecule has 0 aliphatic heterocycles. The molecule has 1 heterocycles. The maximum atomic E-state index is 11.3. The molecular formula is C34H31N2O+. The van der Waals surface area contributed by atoms with Gasteiger partial charge in [0.05, 0.1) is 17.8 Å². The molecule has 182 valence electrons. The van der Waals surface area contributed by atoms with Crippen molar-refractivity contribution in [2.24, 2.45) is 0 Å². The van der Waals surface area contributed by atoms with E-state index in [0.29, 0.717) is 13.1 Å². The Labute approximate surface area is 217 Å². The molecule has 37 heavy (non-hydrogen) atoms. The lowest BCUT2D eigenvalue weighted by molar-refractivity contribution is -0.676. The number of aromatic nitrogens is 1. The number of fused-ring (bicyclic) bond motifs is 3. The van der Waals surface area contributed by atoms with Crippen LogP contribution in [-0.2, 0) is 13.1 Å². The molecular weight excluding hydrogens is 452 g/mol. The number of aliphatic hydroxyl groups excluding tert-OH is 1. The van der Waals surface area contributed by atoms with E-state index in [1.165, 1.54) is 38.4 Å². The molecule has 0 amide bonds. The predicted octanol–water partition coefficient (Wildman–Crippen LogP) is 6.25. The van der Waals surface area contributed by atoms with Gasteiger partial charge < -0.3 is 15.0 Å². The first kappa shape index (κ1) is 23.2. The van der Waals surface area contributed by atoms with Crippen molar-refractivity contribution in [1.29, 1.82) is 0 Å². The number of hydrogen-bond donors (Lipinski definition) is 2. The monoisotopic (exact) mass is 483 g/mol. The van der Waals surface area contributed by atoms with Gasteiger partial charge in [0, 0.05) is 21.9 Å². The molecule has 0 aliphatic carbocycles. The van der Waals surface area contributed by atoms with Crippen molar-refractivity contribution in [2.75, 3.05) is 6.54 Å². The highest BCUT2D eigenvalue weighted by atomic mass is 16.3. The molecule has 6 rings (SSSR count). The first-order chi connectivity index (χ1) is 18.3. The molecule has 0 fully saturated rings. The van der Waals surface area contributed by atoms with Crippen LogP contribution in [0.1, 0.15) is 5.56 Å². The van der Waals surface area contributed by atoms with Crippen LogP contribution in [0.2, 0.25) is 0 Å². The topological polar surface area (TPSA) is 41.8 Å². The highest BCUT2D eigenvalue weighted by Gasteiger charge is 2.23. The summed E-state index contributed by atoms with van der Waals surface area (Å²) in [6.07, 6.45) is -0.496. The molecule has 0 spiro atoms. The minimum Gasteiger partial charge on any atom is -0.385 e. The van der Waals surface area contributed by atoms with E-state index in [0.717, 1.165) is 17.8 Å². The van der Waals surface area contributed by atoms with Gasteiger partial charge >= 0.3 is 0 Å². The number of rotatable bonds is 8. The summed E-state index contributed by atoms with van der Waals surface area (Å²) < 4.78 is 2.36. The largest absolute Gasteiger partial charge is 0.385 e. The Hall–Kier alpha value is -4.18. The third-order valence-electron chi connectivity index (χ3n) is 7.11. The second-order valence-electron chi connectivity index (χ2n) is 9.62. The summed E-state index contributed by atoms with van der Waals surface area (Å²) in [6, 6.07) is 44.7. The number of quaternary nitrogens is 1. The van der Waals surface area contributed by atoms with E-state index in [9.17, 15) is 5.11 Å². The molecule has 0 saturated heterocycles. The molecule has 3 nitrogen and oxygen atoms in total. The van der Waals surface area contributed by atoms with Crippen molar-refractivity contribution in [3.8, 4) is 22.4 Å². The van der Waals surface area contributed by atoms with Crippen LogP contribution in [0.5, 0.6) is 0 Å². The molecule has 0 bridgehead atoms. The first-order valence-electron chi connectivity index (χ1n) is 13.0. The third-order valence-corrected chi connectivity index (χ3v) is 7.11. The van der Waals surface area contributed by atoms with Gasteiger partial charge in [-0.25, -0.2) is 0 Å². The van der Waals surface area contributed by atoms with Crippen molar-refractivity contribution >= 4 is 21.7 Å². The van der Waals surface area contributed by atoms with Gasteiger partial charge in [0.1, 0.15) is 19.2 Å². The zero-order chi connectivity index (χ0) is 25.0. The van der Waals surface area contributed by atoms with Crippen molar-refractivity contribution in [3.63, 3.8) is 0 Å². The number of benzene rings is 5. The Morgan fingerprint density at radius 3 is 1.97 bits per heavy atom. The number of nitrogens with zero attached hydrogens (tertiary/aromatic N) is 1. The third kappa shape index (κ3) is 4.67. The van der Waals surface area contributed by atoms with Crippen LogP contribution in [0.4, 0.5) is 0 Å². The maximum absolute atomic E-state index is 11.3. The van der Waals surface area contributed by atoms with Gasteiger partial charge in [-0.2, -0.15) is 0 Å². The molecule has 0 unspecified atom stereocenters. The van der Waals surface area contributed by atoms with Crippen LogP contribution in [0.25, 0.3) is 44.1 Å². The van der Waals surface area contributed by atoms with Gasteiger partial charge in [0.15, 0.2) is 0 Å². The van der Waals surface area contributed by atoms with E-state index >= 15 is 0 Å². The van der Waals surface area contributed by atoms with Gasteiger partial charge in [-0.15, -0.1) is 0 Å². The summed E-state index contributed by atoms with van der Waals surface area (Å²) >= 11 is 0. The molecule has 1 aromatic heterocycles. The van der Waals surface area contributed by atoms with E-state index in [1.54, 1.807) is 0 Å². The lowest BCUT2D eigenvalue weighted by atomic mass is 9.97. The quantitative estimate of drug-likeness (QED) is 0.264. The fourth-order valence-corrected chi connectivity index (χ4v) is 5.44. The zero-order valence-corrected chi connectivity index (χ0v) is 20.8. The van der Waals surface area contributed by atoms with Crippen LogP contribution in [-0.4, -0.2) is 22.3 Å².